The molecule has 0 unspecified atom stereocenters. The van der Waals surface area contributed by atoms with Crippen LogP contribution in [0.25, 0.3) is 0 Å². The summed E-state index contributed by atoms with van der Waals surface area (Å²) >= 11 is 4.76. The second kappa shape index (κ2) is 5.59. The van der Waals surface area contributed by atoms with Gasteiger partial charge in [-0.05, 0) is 28.8 Å². The maximum absolute atomic E-state index is 12.2. The van der Waals surface area contributed by atoms with Crippen LogP contribution in [0.15, 0.2) is 9.85 Å². The van der Waals surface area contributed by atoms with E-state index in [4.69, 9.17) is 10.5 Å². The molecule has 1 aromatic rings. The molecular formula is C12H17BrN2O2S. The predicted molar refractivity (Wildman–Crippen MR) is 76.3 cm³/mol. The van der Waals surface area contributed by atoms with E-state index in [1.165, 1.54) is 11.3 Å². The highest BCUT2D eigenvalue weighted by molar-refractivity contribution is 9.11. The molecule has 18 heavy (non-hydrogen) atoms. The fraction of sp³-hybridized carbons (Fsp3) is 0.583. The zero-order valence-corrected chi connectivity index (χ0v) is 12.7. The van der Waals surface area contributed by atoms with Crippen molar-refractivity contribution in [3.05, 3.63) is 14.7 Å². The van der Waals surface area contributed by atoms with E-state index in [1.807, 2.05) is 0 Å². The predicted octanol–water partition coefficient (Wildman–Crippen LogP) is 2.52. The highest BCUT2D eigenvalue weighted by Crippen LogP contribution is 2.35. The van der Waals surface area contributed by atoms with Gasteiger partial charge in [0.25, 0.3) is 5.91 Å². The van der Waals surface area contributed by atoms with E-state index < -0.39 is 0 Å². The molecule has 0 aliphatic heterocycles. The fourth-order valence-corrected chi connectivity index (χ4v) is 3.88. The molecular weight excluding hydrogens is 316 g/mol. The third kappa shape index (κ3) is 2.70. The lowest BCUT2D eigenvalue weighted by Gasteiger charge is -2.28. The van der Waals surface area contributed by atoms with Crippen LogP contribution < -0.4 is 15.8 Å². The Morgan fingerprint density at radius 2 is 2.28 bits per heavy atom. The first-order valence-corrected chi connectivity index (χ1v) is 7.57. The monoisotopic (exact) mass is 332 g/mol. The number of carbonyl (C=O) groups excluding carboxylic acids is 1. The first kappa shape index (κ1) is 13.8. The van der Waals surface area contributed by atoms with Crippen molar-refractivity contribution in [2.24, 2.45) is 5.73 Å². The van der Waals surface area contributed by atoms with Crippen molar-refractivity contribution in [2.75, 3.05) is 13.7 Å². The Kier molecular flexibility index (Phi) is 4.29. The minimum atomic E-state index is -0.208. The maximum atomic E-state index is 12.2. The molecule has 0 bridgehead atoms. The minimum Gasteiger partial charge on any atom is -0.495 e. The molecule has 1 amide bonds. The summed E-state index contributed by atoms with van der Waals surface area (Å²) in [4.78, 5) is 12.9. The van der Waals surface area contributed by atoms with Gasteiger partial charge < -0.3 is 15.8 Å². The van der Waals surface area contributed by atoms with Crippen LogP contribution in [-0.4, -0.2) is 25.1 Å². The molecule has 1 aliphatic rings. The van der Waals surface area contributed by atoms with Gasteiger partial charge in [0, 0.05) is 12.6 Å². The number of rotatable bonds is 4. The van der Waals surface area contributed by atoms with Crippen molar-refractivity contribution in [1.82, 2.24) is 5.32 Å². The van der Waals surface area contributed by atoms with Crippen molar-refractivity contribution in [1.29, 1.82) is 0 Å². The number of hydrogen-bond donors (Lipinski definition) is 2. The third-order valence-electron chi connectivity index (χ3n) is 3.43. The van der Waals surface area contributed by atoms with E-state index in [1.54, 1.807) is 13.2 Å². The molecule has 3 N–H and O–H groups in total. The van der Waals surface area contributed by atoms with Crippen molar-refractivity contribution in [2.45, 2.75) is 31.2 Å². The van der Waals surface area contributed by atoms with E-state index in [9.17, 15) is 4.79 Å². The number of thiophene rings is 1. The average molecular weight is 333 g/mol. The summed E-state index contributed by atoms with van der Waals surface area (Å²) in [7, 11) is 1.59. The molecule has 0 spiro atoms. The molecule has 100 valence electrons. The van der Waals surface area contributed by atoms with Crippen LogP contribution in [0.2, 0.25) is 0 Å². The lowest BCUT2D eigenvalue weighted by Crippen LogP contribution is -2.51. The van der Waals surface area contributed by atoms with Gasteiger partial charge in [0.15, 0.2) is 0 Å². The van der Waals surface area contributed by atoms with Gasteiger partial charge in [-0.25, -0.2) is 0 Å². The van der Waals surface area contributed by atoms with Crippen molar-refractivity contribution in [3.8, 4) is 5.75 Å². The quantitative estimate of drug-likeness (QED) is 0.890. The van der Waals surface area contributed by atoms with Crippen LogP contribution in [0.4, 0.5) is 0 Å². The van der Waals surface area contributed by atoms with Gasteiger partial charge >= 0.3 is 0 Å². The minimum absolute atomic E-state index is 0.0589. The van der Waals surface area contributed by atoms with Crippen LogP contribution in [0.5, 0.6) is 5.75 Å². The third-order valence-corrected chi connectivity index (χ3v) is 5.21. The Balaban J connectivity index is 2.11. The lowest BCUT2D eigenvalue weighted by atomic mass is 9.98. The zero-order chi connectivity index (χ0) is 13.2. The molecule has 0 atom stereocenters. The average Bonchev–Trinajstić information content (AvgIpc) is 2.96. The summed E-state index contributed by atoms with van der Waals surface area (Å²) in [6, 6.07) is 1.75. The Labute approximate surface area is 119 Å². The van der Waals surface area contributed by atoms with Crippen LogP contribution >= 0.6 is 27.3 Å². The van der Waals surface area contributed by atoms with E-state index in [2.05, 4.69) is 21.2 Å². The summed E-state index contributed by atoms with van der Waals surface area (Å²) in [5.74, 6) is 0.634. The van der Waals surface area contributed by atoms with Crippen LogP contribution in [0.1, 0.15) is 35.4 Å². The highest BCUT2D eigenvalue weighted by atomic mass is 79.9. The molecule has 6 heteroatoms. The number of halogens is 1. The Morgan fingerprint density at radius 3 is 2.78 bits per heavy atom. The first-order chi connectivity index (χ1) is 8.60. The zero-order valence-electron chi connectivity index (χ0n) is 10.3. The summed E-state index contributed by atoms with van der Waals surface area (Å²) in [6.45, 7) is 0.502. The van der Waals surface area contributed by atoms with Gasteiger partial charge in [0.05, 0.1) is 17.5 Å². The molecule has 0 aromatic carbocycles. The second-order valence-corrected chi connectivity index (χ2v) is 6.97. The summed E-state index contributed by atoms with van der Waals surface area (Å²) in [5.41, 5.74) is 5.60. The Hall–Kier alpha value is -0.590. The molecule has 0 saturated heterocycles. The second-order valence-electron chi connectivity index (χ2n) is 4.60. The SMILES string of the molecule is COc1cc(C(=O)NC2(CN)CCCC2)sc1Br. The standard InChI is InChI=1S/C12H17BrN2O2S/c1-17-8-6-9(18-10(8)13)11(16)15-12(7-14)4-2-3-5-12/h6H,2-5,7,14H2,1H3,(H,15,16). The van der Waals surface area contributed by atoms with Crippen molar-refractivity contribution >= 4 is 33.2 Å². The van der Waals surface area contributed by atoms with Crippen LogP contribution in [0.3, 0.4) is 0 Å². The molecule has 1 aromatic heterocycles. The molecule has 0 radical (unpaired) electrons. The Bertz CT molecular complexity index is 441. The summed E-state index contributed by atoms with van der Waals surface area (Å²) in [5, 5.41) is 3.09. The molecule has 4 nitrogen and oxygen atoms in total. The van der Waals surface area contributed by atoms with Crippen molar-refractivity contribution in [3.63, 3.8) is 0 Å². The molecule has 1 fully saturated rings. The van der Waals surface area contributed by atoms with Gasteiger partial charge in [0.2, 0.25) is 0 Å². The normalized spacial score (nSPS) is 17.7. The number of ether oxygens (including phenoxy) is 1. The number of nitrogens with two attached hydrogens (primary N) is 1. The topological polar surface area (TPSA) is 64.3 Å². The van der Waals surface area contributed by atoms with Crippen LogP contribution in [-0.2, 0) is 0 Å². The van der Waals surface area contributed by atoms with Gasteiger partial charge in [-0.2, -0.15) is 0 Å². The number of methoxy groups -OCH3 is 1. The lowest BCUT2D eigenvalue weighted by molar-refractivity contribution is 0.0907. The van der Waals surface area contributed by atoms with Crippen LogP contribution in [0, 0.1) is 0 Å². The maximum Gasteiger partial charge on any atom is 0.262 e. The number of nitrogens with one attached hydrogen (secondary N) is 1. The summed E-state index contributed by atoms with van der Waals surface area (Å²) < 4.78 is 5.99. The van der Waals surface area contributed by atoms with Gasteiger partial charge in [0.1, 0.15) is 9.54 Å². The van der Waals surface area contributed by atoms with E-state index in [-0.39, 0.29) is 11.4 Å². The van der Waals surface area contributed by atoms with Gasteiger partial charge in [-0.1, -0.05) is 12.8 Å². The van der Waals surface area contributed by atoms with Crippen molar-refractivity contribution < 1.29 is 9.53 Å². The molecule has 1 saturated carbocycles. The Morgan fingerprint density at radius 1 is 1.61 bits per heavy atom. The highest BCUT2D eigenvalue weighted by Gasteiger charge is 2.34. The number of hydrogen-bond acceptors (Lipinski definition) is 4. The van der Waals surface area contributed by atoms with Gasteiger partial charge in [-0.15, -0.1) is 11.3 Å². The van der Waals surface area contributed by atoms with E-state index in [0.29, 0.717) is 17.2 Å². The number of carbonyl (C=O) groups is 1. The van der Waals surface area contributed by atoms with Gasteiger partial charge in [-0.3, -0.25) is 4.79 Å². The smallest absolute Gasteiger partial charge is 0.262 e. The summed E-state index contributed by atoms with van der Waals surface area (Å²) in [6.07, 6.45) is 4.21. The van der Waals surface area contributed by atoms with E-state index in [0.717, 1.165) is 29.5 Å². The molecule has 1 aliphatic carbocycles. The first-order valence-electron chi connectivity index (χ1n) is 5.96. The molecule has 2 rings (SSSR count). The fourth-order valence-electron chi connectivity index (χ4n) is 2.34. The number of amides is 1. The van der Waals surface area contributed by atoms with E-state index >= 15 is 0 Å². The molecule has 1 heterocycles. The largest absolute Gasteiger partial charge is 0.495 e.